The summed E-state index contributed by atoms with van der Waals surface area (Å²) in [5.41, 5.74) is 3.12. The average Bonchev–Trinajstić information content (AvgIpc) is 2.96. The molecule has 1 unspecified atom stereocenters. The SMILES string of the molecule is COc1ccc(OCC(=O)N(Cc2ccc(C)cc2)C(Cc2ccccc2)C(=O)NC2CCCCC2)cc1. The molecule has 0 heterocycles. The zero-order valence-corrected chi connectivity index (χ0v) is 22.4. The number of aryl methyl sites for hydroxylation is 1. The predicted octanol–water partition coefficient (Wildman–Crippen LogP) is 5.47. The molecule has 1 aliphatic carbocycles. The van der Waals surface area contributed by atoms with Crippen LogP contribution < -0.4 is 14.8 Å². The summed E-state index contributed by atoms with van der Waals surface area (Å²) >= 11 is 0. The van der Waals surface area contributed by atoms with Gasteiger partial charge in [-0.2, -0.15) is 0 Å². The zero-order valence-electron chi connectivity index (χ0n) is 22.4. The van der Waals surface area contributed by atoms with E-state index < -0.39 is 6.04 Å². The first-order valence-electron chi connectivity index (χ1n) is 13.5. The quantitative estimate of drug-likeness (QED) is 0.368. The minimum atomic E-state index is -0.660. The van der Waals surface area contributed by atoms with Crippen LogP contribution in [-0.2, 0) is 22.6 Å². The monoisotopic (exact) mass is 514 g/mol. The van der Waals surface area contributed by atoms with Crippen LogP contribution in [0.3, 0.4) is 0 Å². The Bertz CT molecular complexity index is 1160. The van der Waals surface area contributed by atoms with Crippen LogP contribution >= 0.6 is 0 Å². The highest BCUT2D eigenvalue weighted by molar-refractivity contribution is 5.88. The lowest BCUT2D eigenvalue weighted by Gasteiger charge is -2.33. The molecule has 0 spiro atoms. The number of benzene rings is 3. The van der Waals surface area contributed by atoms with Crippen molar-refractivity contribution in [2.45, 2.75) is 64.1 Å². The van der Waals surface area contributed by atoms with Gasteiger partial charge in [-0.1, -0.05) is 79.4 Å². The number of nitrogens with one attached hydrogen (secondary N) is 1. The fourth-order valence-corrected chi connectivity index (χ4v) is 4.89. The summed E-state index contributed by atoms with van der Waals surface area (Å²) in [6, 6.07) is 24.6. The fraction of sp³-hybridized carbons (Fsp3) is 0.375. The summed E-state index contributed by atoms with van der Waals surface area (Å²) in [5.74, 6) is 0.944. The molecule has 4 rings (SSSR count). The number of hydrogen-bond donors (Lipinski definition) is 1. The van der Waals surface area contributed by atoms with E-state index in [2.05, 4.69) is 5.32 Å². The van der Waals surface area contributed by atoms with Crippen molar-refractivity contribution in [3.8, 4) is 11.5 Å². The van der Waals surface area contributed by atoms with Crippen molar-refractivity contribution in [2.24, 2.45) is 0 Å². The van der Waals surface area contributed by atoms with E-state index in [4.69, 9.17) is 9.47 Å². The molecule has 2 amide bonds. The molecule has 3 aromatic carbocycles. The van der Waals surface area contributed by atoms with Gasteiger partial charge in [-0.3, -0.25) is 9.59 Å². The summed E-state index contributed by atoms with van der Waals surface area (Å²) < 4.78 is 11.1. The van der Waals surface area contributed by atoms with Crippen molar-refractivity contribution < 1.29 is 19.1 Å². The number of ether oxygens (including phenoxy) is 2. The molecule has 1 atom stereocenters. The van der Waals surface area contributed by atoms with E-state index in [1.54, 1.807) is 36.3 Å². The molecule has 1 aliphatic rings. The van der Waals surface area contributed by atoms with Crippen LogP contribution in [0.5, 0.6) is 11.5 Å². The van der Waals surface area contributed by atoms with Crippen molar-refractivity contribution in [3.63, 3.8) is 0 Å². The van der Waals surface area contributed by atoms with Crippen LogP contribution in [0, 0.1) is 6.92 Å². The number of carbonyl (C=O) groups excluding carboxylic acids is 2. The number of amides is 2. The fourth-order valence-electron chi connectivity index (χ4n) is 4.89. The van der Waals surface area contributed by atoms with E-state index in [1.807, 2.05) is 61.5 Å². The Labute approximate surface area is 226 Å². The Morgan fingerprint density at radius 1 is 0.868 bits per heavy atom. The van der Waals surface area contributed by atoms with Gasteiger partial charge in [-0.15, -0.1) is 0 Å². The number of hydrogen-bond acceptors (Lipinski definition) is 4. The van der Waals surface area contributed by atoms with Crippen LogP contribution in [0.15, 0.2) is 78.9 Å². The normalized spacial score (nSPS) is 14.4. The van der Waals surface area contributed by atoms with Crippen molar-refractivity contribution in [3.05, 3.63) is 95.6 Å². The second-order valence-corrected chi connectivity index (χ2v) is 10.0. The van der Waals surface area contributed by atoms with E-state index in [9.17, 15) is 9.59 Å². The number of methoxy groups -OCH3 is 1. The molecular weight excluding hydrogens is 476 g/mol. The van der Waals surface area contributed by atoms with Crippen molar-refractivity contribution in [1.82, 2.24) is 10.2 Å². The molecule has 0 saturated heterocycles. The Morgan fingerprint density at radius 3 is 2.18 bits per heavy atom. The molecule has 6 nitrogen and oxygen atoms in total. The van der Waals surface area contributed by atoms with Crippen LogP contribution in [0.4, 0.5) is 0 Å². The van der Waals surface area contributed by atoms with Crippen molar-refractivity contribution >= 4 is 11.8 Å². The third kappa shape index (κ3) is 7.85. The van der Waals surface area contributed by atoms with Gasteiger partial charge in [-0.05, 0) is 55.2 Å². The summed E-state index contributed by atoms with van der Waals surface area (Å²) in [7, 11) is 1.60. The molecule has 3 aromatic rings. The largest absolute Gasteiger partial charge is 0.497 e. The molecule has 0 bridgehead atoms. The first-order valence-corrected chi connectivity index (χ1v) is 13.5. The average molecular weight is 515 g/mol. The molecule has 1 N–H and O–H groups in total. The lowest BCUT2D eigenvalue weighted by molar-refractivity contribution is -0.143. The summed E-state index contributed by atoms with van der Waals surface area (Å²) in [4.78, 5) is 29.2. The van der Waals surface area contributed by atoms with E-state index in [0.717, 1.165) is 42.4 Å². The summed E-state index contributed by atoms with van der Waals surface area (Å²) in [6.07, 6.45) is 5.85. The highest BCUT2D eigenvalue weighted by Gasteiger charge is 2.32. The highest BCUT2D eigenvalue weighted by Crippen LogP contribution is 2.21. The molecule has 1 saturated carbocycles. The molecular formula is C32H38N2O4. The number of carbonyl (C=O) groups is 2. The van der Waals surface area contributed by atoms with Crippen LogP contribution in [-0.4, -0.2) is 42.5 Å². The maximum atomic E-state index is 13.8. The third-order valence-corrected chi connectivity index (χ3v) is 7.12. The van der Waals surface area contributed by atoms with Crippen molar-refractivity contribution in [1.29, 1.82) is 0 Å². The van der Waals surface area contributed by atoms with E-state index in [1.165, 1.54) is 6.42 Å². The third-order valence-electron chi connectivity index (χ3n) is 7.12. The second kappa shape index (κ2) is 13.7. The standard InChI is InChI=1S/C32H38N2O4/c1-24-13-15-26(16-14-24)22-34(31(35)23-38-29-19-17-28(37-2)18-20-29)30(21-25-9-5-3-6-10-25)32(36)33-27-11-7-4-8-12-27/h3,5-6,9-10,13-20,27,30H,4,7-8,11-12,21-23H2,1-2H3,(H,33,36). The molecule has 38 heavy (non-hydrogen) atoms. The molecule has 6 heteroatoms. The zero-order chi connectivity index (χ0) is 26.7. The maximum Gasteiger partial charge on any atom is 0.261 e. The molecule has 0 radical (unpaired) electrons. The Balaban J connectivity index is 1.58. The number of rotatable bonds is 11. The van der Waals surface area contributed by atoms with Gasteiger partial charge < -0.3 is 19.7 Å². The minimum absolute atomic E-state index is 0.106. The summed E-state index contributed by atoms with van der Waals surface area (Å²) in [5, 5.41) is 3.27. The minimum Gasteiger partial charge on any atom is -0.497 e. The van der Waals surface area contributed by atoms with Crippen molar-refractivity contribution in [2.75, 3.05) is 13.7 Å². The first-order chi connectivity index (χ1) is 18.5. The van der Waals surface area contributed by atoms with Crippen LogP contribution in [0.2, 0.25) is 0 Å². The number of nitrogens with zero attached hydrogens (tertiary/aromatic N) is 1. The lowest BCUT2D eigenvalue weighted by Crippen LogP contribution is -2.53. The molecule has 0 aliphatic heterocycles. The van der Waals surface area contributed by atoms with Gasteiger partial charge in [0.2, 0.25) is 5.91 Å². The Kier molecular flexibility index (Phi) is 9.79. The highest BCUT2D eigenvalue weighted by atomic mass is 16.5. The van der Waals surface area contributed by atoms with Gasteiger partial charge in [0, 0.05) is 19.0 Å². The van der Waals surface area contributed by atoms with E-state index in [0.29, 0.717) is 24.5 Å². The summed E-state index contributed by atoms with van der Waals surface area (Å²) in [6.45, 7) is 2.19. The lowest BCUT2D eigenvalue weighted by atomic mass is 9.94. The molecule has 200 valence electrons. The molecule has 0 aromatic heterocycles. The van der Waals surface area contributed by atoms with Gasteiger partial charge in [0.1, 0.15) is 17.5 Å². The van der Waals surface area contributed by atoms with Crippen LogP contribution in [0.1, 0.15) is 48.8 Å². The molecule has 1 fully saturated rings. The van der Waals surface area contributed by atoms with Gasteiger partial charge in [0.05, 0.1) is 7.11 Å². The van der Waals surface area contributed by atoms with Gasteiger partial charge in [-0.25, -0.2) is 0 Å². The topological polar surface area (TPSA) is 67.9 Å². The van der Waals surface area contributed by atoms with Gasteiger partial charge in [0.15, 0.2) is 6.61 Å². The van der Waals surface area contributed by atoms with E-state index in [-0.39, 0.29) is 24.5 Å². The second-order valence-electron chi connectivity index (χ2n) is 10.0. The van der Waals surface area contributed by atoms with Crippen LogP contribution in [0.25, 0.3) is 0 Å². The van der Waals surface area contributed by atoms with E-state index >= 15 is 0 Å². The first kappa shape index (κ1) is 27.2. The van der Waals surface area contributed by atoms with Gasteiger partial charge >= 0.3 is 0 Å². The predicted molar refractivity (Wildman–Crippen MR) is 149 cm³/mol. The Morgan fingerprint density at radius 2 is 1.53 bits per heavy atom. The van der Waals surface area contributed by atoms with Gasteiger partial charge in [0.25, 0.3) is 5.91 Å². The Hall–Kier alpha value is -3.80. The maximum absolute atomic E-state index is 13.8. The smallest absolute Gasteiger partial charge is 0.261 e.